The van der Waals surface area contributed by atoms with E-state index in [4.69, 9.17) is 5.73 Å². The number of aryl methyl sites for hydroxylation is 1. The number of amides is 1. The van der Waals surface area contributed by atoms with E-state index in [2.05, 4.69) is 10.00 Å². The summed E-state index contributed by atoms with van der Waals surface area (Å²) in [6, 6.07) is 8.99. The van der Waals surface area contributed by atoms with Crippen LogP contribution in [0.15, 0.2) is 35.1 Å². The molecule has 0 radical (unpaired) electrons. The molecule has 6 nitrogen and oxygen atoms in total. The van der Waals surface area contributed by atoms with Crippen LogP contribution in [0.25, 0.3) is 0 Å². The highest BCUT2D eigenvalue weighted by Crippen LogP contribution is 2.17. The van der Waals surface area contributed by atoms with Crippen molar-refractivity contribution in [1.29, 1.82) is 0 Å². The van der Waals surface area contributed by atoms with E-state index < -0.39 is 5.91 Å². The molecular formula is C16H18N4O2. The molecule has 0 spiro atoms. The van der Waals surface area contributed by atoms with Crippen LogP contribution in [0.2, 0.25) is 0 Å². The molecule has 0 saturated carbocycles. The number of carbonyl (C=O) groups excluding carboxylic acids is 1. The van der Waals surface area contributed by atoms with Gasteiger partial charge in [0.15, 0.2) is 0 Å². The van der Waals surface area contributed by atoms with E-state index in [0.717, 1.165) is 42.9 Å². The lowest BCUT2D eigenvalue weighted by Gasteiger charge is -2.28. The number of hydrogen-bond acceptors (Lipinski definition) is 4. The molecule has 1 aromatic heterocycles. The highest BCUT2D eigenvalue weighted by atomic mass is 16.1. The van der Waals surface area contributed by atoms with E-state index in [0.29, 0.717) is 5.56 Å². The van der Waals surface area contributed by atoms with E-state index >= 15 is 0 Å². The van der Waals surface area contributed by atoms with Crippen molar-refractivity contribution in [2.24, 2.45) is 12.8 Å². The molecule has 2 heterocycles. The first-order valence-electron chi connectivity index (χ1n) is 7.20. The van der Waals surface area contributed by atoms with Gasteiger partial charge in [-0.3, -0.25) is 14.5 Å². The lowest BCUT2D eigenvalue weighted by Crippen LogP contribution is -2.34. The third-order valence-corrected chi connectivity index (χ3v) is 3.96. The SMILES string of the molecule is Cn1nc2c(cc1=O)CN(Cc1ccc(C(N)=O)cc1)CC2. The maximum Gasteiger partial charge on any atom is 0.266 e. The van der Waals surface area contributed by atoms with Gasteiger partial charge in [-0.05, 0) is 23.3 Å². The predicted octanol–water partition coefficient (Wildman–Crippen LogP) is 0.438. The summed E-state index contributed by atoms with van der Waals surface area (Å²) in [5.74, 6) is -0.416. The summed E-state index contributed by atoms with van der Waals surface area (Å²) in [6.07, 6.45) is 0.836. The van der Waals surface area contributed by atoms with Crippen molar-refractivity contribution in [1.82, 2.24) is 14.7 Å². The zero-order valence-corrected chi connectivity index (χ0v) is 12.5. The number of hydrogen-bond donors (Lipinski definition) is 1. The second-order valence-corrected chi connectivity index (χ2v) is 5.60. The number of rotatable bonds is 3. The highest BCUT2D eigenvalue weighted by Gasteiger charge is 2.18. The largest absolute Gasteiger partial charge is 0.366 e. The first-order chi connectivity index (χ1) is 10.5. The minimum absolute atomic E-state index is 0.0774. The molecule has 0 atom stereocenters. The average molecular weight is 298 g/mol. The molecule has 1 aliphatic heterocycles. The Morgan fingerprint density at radius 3 is 2.73 bits per heavy atom. The maximum atomic E-state index is 11.7. The van der Waals surface area contributed by atoms with Crippen molar-refractivity contribution in [3.63, 3.8) is 0 Å². The van der Waals surface area contributed by atoms with Gasteiger partial charge in [0, 0.05) is 44.7 Å². The average Bonchev–Trinajstić information content (AvgIpc) is 2.49. The molecule has 2 N–H and O–H groups in total. The standard InChI is InChI=1S/C16H18N4O2/c1-19-15(21)8-13-10-20(7-6-14(13)18-19)9-11-2-4-12(5-3-11)16(17)22/h2-5,8H,6-7,9-10H2,1H3,(H2,17,22). The molecule has 0 bridgehead atoms. The summed E-state index contributed by atoms with van der Waals surface area (Å²) in [4.78, 5) is 25.0. The molecule has 0 saturated heterocycles. The number of primary amides is 1. The van der Waals surface area contributed by atoms with Gasteiger partial charge in [-0.15, -0.1) is 0 Å². The fraction of sp³-hybridized carbons (Fsp3) is 0.312. The molecule has 1 aliphatic rings. The molecule has 22 heavy (non-hydrogen) atoms. The smallest absolute Gasteiger partial charge is 0.266 e. The van der Waals surface area contributed by atoms with Gasteiger partial charge in [0.2, 0.25) is 5.91 Å². The van der Waals surface area contributed by atoms with Gasteiger partial charge in [0.1, 0.15) is 0 Å². The Bertz CT molecular complexity index is 765. The third kappa shape index (κ3) is 2.92. The Labute approximate surface area is 128 Å². The molecule has 0 fully saturated rings. The molecule has 0 aliphatic carbocycles. The monoisotopic (exact) mass is 298 g/mol. The van der Waals surface area contributed by atoms with Crippen LogP contribution < -0.4 is 11.3 Å². The zero-order chi connectivity index (χ0) is 15.7. The van der Waals surface area contributed by atoms with Gasteiger partial charge < -0.3 is 5.73 Å². The van der Waals surface area contributed by atoms with Gasteiger partial charge >= 0.3 is 0 Å². The second kappa shape index (κ2) is 5.73. The van der Waals surface area contributed by atoms with Crippen LogP contribution in [-0.2, 0) is 26.6 Å². The lowest BCUT2D eigenvalue weighted by atomic mass is 10.1. The first kappa shape index (κ1) is 14.5. The summed E-state index contributed by atoms with van der Waals surface area (Å²) < 4.78 is 1.39. The molecule has 0 unspecified atom stereocenters. The van der Waals surface area contributed by atoms with Gasteiger partial charge in [-0.2, -0.15) is 5.10 Å². The van der Waals surface area contributed by atoms with Gasteiger partial charge in [0.25, 0.3) is 5.56 Å². The van der Waals surface area contributed by atoms with Crippen LogP contribution in [0.5, 0.6) is 0 Å². The van der Waals surface area contributed by atoms with Crippen LogP contribution in [0.4, 0.5) is 0 Å². The number of nitrogens with zero attached hydrogens (tertiary/aromatic N) is 3. The van der Waals surface area contributed by atoms with Crippen LogP contribution in [0.1, 0.15) is 27.2 Å². The van der Waals surface area contributed by atoms with Crippen LogP contribution >= 0.6 is 0 Å². The Kier molecular flexibility index (Phi) is 3.77. The fourth-order valence-corrected chi connectivity index (χ4v) is 2.72. The molecule has 1 aromatic carbocycles. The van der Waals surface area contributed by atoms with Gasteiger partial charge in [0.05, 0.1) is 5.69 Å². The minimum Gasteiger partial charge on any atom is -0.366 e. The summed E-state index contributed by atoms with van der Waals surface area (Å²) >= 11 is 0. The fourth-order valence-electron chi connectivity index (χ4n) is 2.72. The van der Waals surface area contributed by atoms with Crippen LogP contribution in [0.3, 0.4) is 0 Å². The highest BCUT2D eigenvalue weighted by molar-refractivity contribution is 5.92. The van der Waals surface area contributed by atoms with Crippen molar-refractivity contribution in [3.8, 4) is 0 Å². The number of fused-ring (bicyclic) bond motifs is 1. The number of benzene rings is 1. The Balaban J connectivity index is 1.73. The summed E-state index contributed by atoms with van der Waals surface area (Å²) in [5.41, 5.74) is 8.80. The first-order valence-corrected chi connectivity index (χ1v) is 7.20. The topological polar surface area (TPSA) is 81.2 Å². The molecule has 2 aromatic rings. The molecule has 3 rings (SSSR count). The number of aromatic nitrogens is 2. The van der Waals surface area contributed by atoms with Crippen molar-refractivity contribution in [2.75, 3.05) is 6.54 Å². The van der Waals surface area contributed by atoms with Crippen LogP contribution in [-0.4, -0.2) is 27.1 Å². The Morgan fingerprint density at radius 2 is 2.05 bits per heavy atom. The van der Waals surface area contributed by atoms with E-state index in [9.17, 15) is 9.59 Å². The summed E-state index contributed by atoms with van der Waals surface area (Å²) in [7, 11) is 1.68. The normalized spacial score (nSPS) is 14.6. The lowest BCUT2D eigenvalue weighted by molar-refractivity contribution is 0.100. The second-order valence-electron chi connectivity index (χ2n) is 5.60. The van der Waals surface area contributed by atoms with Crippen LogP contribution in [0, 0.1) is 0 Å². The zero-order valence-electron chi connectivity index (χ0n) is 12.5. The van der Waals surface area contributed by atoms with Gasteiger partial charge in [-0.1, -0.05) is 12.1 Å². The van der Waals surface area contributed by atoms with Crippen molar-refractivity contribution < 1.29 is 4.79 Å². The maximum absolute atomic E-state index is 11.7. The quantitative estimate of drug-likeness (QED) is 0.891. The van der Waals surface area contributed by atoms with E-state index in [1.54, 1.807) is 25.2 Å². The molecular weight excluding hydrogens is 280 g/mol. The van der Waals surface area contributed by atoms with E-state index in [1.807, 2.05) is 12.1 Å². The molecule has 6 heteroatoms. The minimum atomic E-state index is -0.416. The Hall–Kier alpha value is -2.47. The summed E-state index contributed by atoms with van der Waals surface area (Å²) in [5, 5.41) is 4.31. The summed E-state index contributed by atoms with van der Waals surface area (Å²) in [6.45, 7) is 2.39. The Morgan fingerprint density at radius 1 is 1.32 bits per heavy atom. The molecule has 1 amide bonds. The van der Waals surface area contributed by atoms with E-state index in [1.165, 1.54) is 4.68 Å². The predicted molar refractivity (Wildman–Crippen MR) is 82.3 cm³/mol. The van der Waals surface area contributed by atoms with Crippen molar-refractivity contribution in [2.45, 2.75) is 19.5 Å². The van der Waals surface area contributed by atoms with Gasteiger partial charge in [-0.25, -0.2) is 4.68 Å². The third-order valence-electron chi connectivity index (χ3n) is 3.96. The number of nitrogens with two attached hydrogens (primary N) is 1. The van der Waals surface area contributed by atoms with E-state index in [-0.39, 0.29) is 5.56 Å². The number of carbonyl (C=O) groups is 1. The molecule has 114 valence electrons. The van der Waals surface area contributed by atoms with Crippen molar-refractivity contribution >= 4 is 5.91 Å². The van der Waals surface area contributed by atoms with Crippen molar-refractivity contribution in [3.05, 3.63) is 63.1 Å².